The smallest absolute Gasteiger partial charge is 0.0776 e. The van der Waals surface area contributed by atoms with Crippen molar-refractivity contribution in [3.8, 4) is 0 Å². The third-order valence-electron chi connectivity index (χ3n) is 1.74. The van der Waals surface area contributed by atoms with Gasteiger partial charge in [-0.1, -0.05) is 30.4 Å². The molecule has 1 heteroatoms. The van der Waals surface area contributed by atoms with Crippen molar-refractivity contribution in [3.05, 3.63) is 37.0 Å². The van der Waals surface area contributed by atoms with E-state index in [-0.39, 0.29) is 6.04 Å². The zero-order valence-electron chi connectivity index (χ0n) is 6.77. The van der Waals surface area contributed by atoms with Crippen molar-refractivity contribution in [2.24, 2.45) is 10.9 Å². The molecule has 0 fully saturated rings. The molecule has 2 unspecified atom stereocenters. The quantitative estimate of drug-likeness (QED) is 0.420. The van der Waals surface area contributed by atoms with E-state index in [0.717, 1.165) is 0 Å². The highest BCUT2D eigenvalue weighted by Crippen LogP contribution is 2.16. The molecule has 1 aliphatic carbocycles. The molecule has 0 spiro atoms. The molecule has 11 heavy (non-hydrogen) atoms. The summed E-state index contributed by atoms with van der Waals surface area (Å²) in [6, 6.07) is 0.266. The normalized spacial score (nSPS) is 29.5. The van der Waals surface area contributed by atoms with Crippen LogP contribution in [0.25, 0.3) is 0 Å². The average Bonchev–Trinajstić information content (AvgIpc) is 2.06. The lowest BCUT2D eigenvalue weighted by molar-refractivity contribution is 0.690. The van der Waals surface area contributed by atoms with Gasteiger partial charge in [-0.05, 0) is 13.1 Å². The third kappa shape index (κ3) is 1.90. The van der Waals surface area contributed by atoms with E-state index in [1.807, 2.05) is 31.4 Å². The molecule has 2 atom stereocenters. The Balaban J connectivity index is 2.70. The van der Waals surface area contributed by atoms with Gasteiger partial charge in [0.05, 0.1) is 6.04 Å². The predicted molar refractivity (Wildman–Crippen MR) is 49.9 cm³/mol. The first-order valence-electron chi connectivity index (χ1n) is 3.84. The van der Waals surface area contributed by atoms with E-state index in [9.17, 15) is 0 Å². The maximum Gasteiger partial charge on any atom is 0.0776 e. The average molecular weight is 147 g/mol. The summed E-state index contributed by atoms with van der Waals surface area (Å²) in [6.45, 7) is 5.69. The van der Waals surface area contributed by atoms with E-state index < -0.39 is 0 Å². The summed E-state index contributed by atoms with van der Waals surface area (Å²) in [6.07, 6.45) is 12.0. The number of allylic oxidation sites excluding steroid dienone is 2. The minimum atomic E-state index is 0.266. The predicted octanol–water partition coefficient (Wildman–Crippen LogP) is 2.37. The fourth-order valence-electron chi connectivity index (χ4n) is 1.15. The second-order valence-corrected chi connectivity index (χ2v) is 2.48. The Morgan fingerprint density at radius 1 is 1.36 bits per heavy atom. The van der Waals surface area contributed by atoms with Crippen LogP contribution in [0.3, 0.4) is 0 Å². The minimum absolute atomic E-state index is 0.266. The maximum atomic E-state index is 4.30. The number of aliphatic imine (C=N–C) groups is 1. The monoisotopic (exact) mass is 147 g/mol. The second-order valence-electron chi connectivity index (χ2n) is 2.48. The molecule has 0 aromatic heterocycles. The van der Waals surface area contributed by atoms with Crippen LogP contribution in [0.15, 0.2) is 42.0 Å². The Labute approximate surface area is 67.8 Å². The number of nitrogens with zero attached hydrogens (tertiary/aromatic N) is 1. The molecule has 0 aliphatic heterocycles. The standard InChI is InChI=1S/C10H13N/c1-3-9-7-5-6-8-10(9)11-4-2/h3-10H,1H2,2H3/b11-4-. The molecular weight excluding hydrogens is 134 g/mol. The first-order chi connectivity index (χ1) is 5.38. The van der Waals surface area contributed by atoms with Crippen molar-refractivity contribution in [2.75, 3.05) is 0 Å². The van der Waals surface area contributed by atoms with Gasteiger partial charge in [-0.15, -0.1) is 6.58 Å². The topological polar surface area (TPSA) is 12.4 Å². The van der Waals surface area contributed by atoms with Crippen LogP contribution in [-0.4, -0.2) is 12.3 Å². The third-order valence-corrected chi connectivity index (χ3v) is 1.74. The molecule has 1 nitrogen and oxygen atoms in total. The SMILES string of the molecule is C=CC1C=CC=CC1/N=C\C. The molecule has 1 rings (SSSR count). The molecule has 0 aromatic rings. The van der Waals surface area contributed by atoms with Gasteiger partial charge < -0.3 is 0 Å². The summed E-state index contributed by atoms with van der Waals surface area (Å²) < 4.78 is 0. The number of hydrogen-bond acceptors (Lipinski definition) is 1. The van der Waals surface area contributed by atoms with Gasteiger partial charge in [0.15, 0.2) is 0 Å². The summed E-state index contributed by atoms with van der Waals surface area (Å²) in [7, 11) is 0. The zero-order chi connectivity index (χ0) is 8.10. The van der Waals surface area contributed by atoms with Crippen molar-refractivity contribution < 1.29 is 0 Å². The zero-order valence-corrected chi connectivity index (χ0v) is 6.77. The fourth-order valence-corrected chi connectivity index (χ4v) is 1.15. The molecule has 0 saturated carbocycles. The first kappa shape index (κ1) is 7.99. The van der Waals surface area contributed by atoms with E-state index >= 15 is 0 Å². The molecule has 0 bridgehead atoms. The Kier molecular flexibility index (Phi) is 2.84. The highest BCUT2D eigenvalue weighted by Gasteiger charge is 2.12. The molecule has 0 heterocycles. The first-order valence-corrected chi connectivity index (χ1v) is 3.84. The summed E-state index contributed by atoms with van der Waals surface area (Å²) in [5.41, 5.74) is 0. The van der Waals surface area contributed by atoms with E-state index in [4.69, 9.17) is 0 Å². The molecule has 0 N–H and O–H groups in total. The van der Waals surface area contributed by atoms with Gasteiger partial charge in [0.25, 0.3) is 0 Å². The van der Waals surface area contributed by atoms with E-state index in [2.05, 4.69) is 23.7 Å². The van der Waals surface area contributed by atoms with Gasteiger partial charge in [-0.3, -0.25) is 4.99 Å². The molecular formula is C10H13N. The van der Waals surface area contributed by atoms with Gasteiger partial charge in [0.1, 0.15) is 0 Å². The van der Waals surface area contributed by atoms with Gasteiger partial charge in [0.2, 0.25) is 0 Å². The Morgan fingerprint density at radius 2 is 2.09 bits per heavy atom. The van der Waals surface area contributed by atoms with Crippen LogP contribution in [0.2, 0.25) is 0 Å². The minimum Gasteiger partial charge on any atom is -0.289 e. The van der Waals surface area contributed by atoms with Crippen molar-refractivity contribution in [2.45, 2.75) is 13.0 Å². The van der Waals surface area contributed by atoms with E-state index in [0.29, 0.717) is 5.92 Å². The fraction of sp³-hybridized carbons (Fsp3) is 0.300. The van der Waals surface area contributed by atoms with Crippen LogP contribution in [-0.2, 0) is 0 Å². The summed E-state index contributed by atoms with van der Waals surface area (Å²) in [5, 5.41) is 0. The molecule has 58 valence electrons. The summed E-state index contributed by atoms with van der Waals surface area (Å²) in [5.74, 6) is 0.371. The van der Waals surface area contributed by atoms with Gasteiger partial charge in [0, 0.05) is 5.92 Å². The highest BCUT2D eigenvalue weighted by molar-refractivity contribution is 5.54. The van der Waals surface area contributed by atoms with Crippen molar-refractivity contribution in [3.63, 3.8) is 0 Å². The number of rotatable bonds is 2. The molecule has 0 saturated heterocycles. The van der Waals surface area contributed by atoms with Gasteiger partial charge >= 0.3 is 0 Å². The van der Waals surface area contributed by atoms with Crippen LogP contribution >= 0.6 is 0 Å². The highest BCUT2D eigenvalue weighted by atomic mass is 14.8. The van der Waals surface area contributed by atoms with Crippen molar-refractivity contribution >= 4 is 6.21 Å². The van der Waals surface area contributed by atoms with Gasteiger partial charge in [-0.25, -0.2) is 0 Å². The van der Waals surface area contributed by atoms with Crippen LogP contribution < -0.4 is 0 Å². The van der Waals surface area contributed by atoms with E-state index in [1.54, 1.807) is 0 Å². The second kappa shape index (κ2) is 3.91. The number of hydrogen-bond donors (Lipinski definition) is 0. The Hall–Kier alpha value is -1.11. The summed E-state index contributed by atoms with van der Waals surface area (Å²) in [4.78, 5) is 4.30. The lowest BCUT2D eigenvalue weighted by atomic mass is 9.96. The molecule has 1 aliphatic rings. The molecule has 0 radical (unpaired) electrons. The largest absolute Gasteiger partial charge is 0.289 e. The lowest BCUT2D eigenvalue weighted by Crippen LogP contribution is -2.13. The van der Waals surface area contributed by atoms with Crippen LogP contribution in [0.5, 0.6) is 0 Å². The van der Waals surface area contributed by atoms with Crippen LogP contribution in [0, 0.1) is 5.92 Å². The molecule has 0 amide bonds. The van der Waals surface area contributed by atoms with Crippen molar-refractivity contribution in [1.82, 2.24) is 0 Å². The molecule has 0 aromatic carbocycles. The lowest BCUT2D eigenvalue weighted by Gasteiger charge is -2.15. The van der Waals surface area contributed by atoms with Crippen LogP contribution in [0.1, 0.15) is 6.92 Å². The van der Waals surface area contributed by atoms with Crippen LogP contribution in [0.4, 0.5) is 0 Å². The Morgan fingerprint density at radius 3 is 2.73 bits per heavy atom. The van der Waals surface area contributed by atoms with Crippen molar-refractivity contribution in [1.29, 1.82) is 0 Å². The van der Waals surface area contributed by atoms with E-state index in [1.165, 1.54) is 0 Å². The maximum absolute atomic E-state index is 4.30. The van der Waals surface area contributed by atoms with Gasteiger partial charge in [-0.2, -0.15) is 0 Å². The summed E-state index contributed by atoms with van der Waals surface area (Å²) >= 11 is 0. The Bertz CT molecular complexity index is 211.